The molecule has 1 aromatic heterocycles. The number of benzene rings is 1. The van der Waals surface area contributed by atoms with Gasteiger partial charge in [-0.15, -0.1) is 0 Å². The molecule has 0 spiro atoms. The van der Waals surface area contributed by atoms with E-state index in [2.05, 4.69) is 59.9 Å². The van der Waals surface area contributed by atoms with Crippen LogP contribution in [0.15, 0.2) is 30.5 Å². The number of amides is 1. The number of rotatable bonds is 4. The highest BCUT2D eigenvalue weighted by Crippen LogP contribution is 2.22. The third-order valence-corrected chi connectivity index (χ3v) is 4.50. The summed E-state index contributed by atoms with van der Waals surface area (Å²) in [4.78, 5) is 19.0. The molecule has 5 nitrogen and oxygen atoms in total. The van der Waals surface area contributed by atoms with Gasteiger partial charge in [-0.25, -0.2) is 0 Å². The fourth-order valence-electron chi connectivity index (χ4n) is 3.22. The highest BCUT2D eigenvalue weighted by atomic mass is 16.2. The SMILES string of the molecule is CN(C)Cn1cc(CC(=O)N2CCN(C)CC2)c2ccccc21. The average molecular weight is 314 g/mol. The van der Waals surface area contributed by atoms with Crippen molar-refractivity contribution in [1.29, 1.82) is 0 Å². The van der Waals surface area contributed by atoms with Gasteiger partial charge < -0.3 is 14.4 Å². The van der Waals surface area contributed by atoms with Crippen LogP contribution in [0.3, 0.4) is 0 Å². The Bertz CT molecular complexity index is 683. The number of piperazine rings is 1. The molecule has 0 bridgehead atoms. The van der Waals surface area contributed by atoms with Crippen LogP contribution in [-0.2, 0) is 17.9 Å². The van der Waals surface area contributed by atoms with Gasteiger partial charge in [-0.3, -0.25) is 9.69 Å². The quantitative estimate of drug-likeness (QED) is 0.857. The second-order valence-electron chi connectivity index (χ2n) is 6.72. The van der Waals surface area contributed by atoms with Crippen LogP contribution >= 0.6 is 0 Å². The van der Waals surface area contributed by atoms with Crippen molar-refractivity contribution in [2.75, 3.05) is 47.3 Å². The number of carbonyl (C=O) groups is 1. The maximum atomic E-state index is 12.6. The van der Waals surface area contributed by atoms with Gasteiger partial charge in [-0.1, -0.05) is 18.2 Å². The van der Waals surface area contributed by atoms with Crippen molar-refractivity contribution in [2.24, 2.45) is 0 Å². The molecule has 0 N–H and O–H groups in total. The summed E-state index contributed by atoms with van der Waals surface area (Å²) < 4.78 is 2.22. The number of nitrogens with zero attached hydrogens (tertiary/aromatic N) is 4. The smallest absolute Gasteiger partial charge is 0.227 e. The Morgan fingerprint density at radius 1 is 1.13 bits per heavy atom. The fourth-order valence-corrected chi connectivity index (χ4v) is 3.22. The van der Waals surface area contributed by atoms with Crippen LogP contribution in [0.2, 0.25) is 0 Å². The van der Waals surface area contributed by atoms with E-state index in [4.69, 9.17) is 0 Å². The molecular formula is C18H26N4O. The lowest BCUT2D eigenvalue weighted by molar-refractivity contribution is -0.132. The number of para-hydroxylation sites is 1. The molecule has 1 aromatic carbocycles. The molecule has 23 heavy (non-hydrogen) atoms. The molecule has 0 radical (unpaired) electrons. The van der Waals surface area contributed by atoms with E-state index < -0.39 is 0 Å². The van der Waals surface area contributed by atoms with Crippen LogP contribution in [0, 0.1) is 0 Å². The molecule has 1 amide bonds. The highest BCUT2D eigenvalue weighted by Gasteiger charge is 2.20. The molecule has 1 saturated heterocycles. The number of carbonyl (C=O) groups excluding carboxylic acids is 1. The third kappa shape index (κ3) is 3.57. The first-order chi connectivity index (χ1) is 11.0. The lowest BCUT2D eigenvalue weighted by Gasteiger charge is -2.32. The Balaban J connectivity index is 1.81. The van der Waals surface area contributed by atoms with Gasteiger partial charge in [0.25, 0.3) is 0 Å². The Morgan fingerprint density at radius 2 is 1.83 bits per heavy atom. The number of likely N-dealkylation sites (N-methyl/N-ethyl adjacent to an activating group) is 1. The first-order valence-corrected chi connectivity index (χ1v) is 8.22. The molecule has 0 aliphatic carbocycles. The minimum atomic E-state index is 0.242. The van der Waals surface area contributed by atoms with E-state index in [0.717, 1.165) is 38.4 Å². The van der Waals surface area contributed by atoms with Crippen molar-refractivity contribution in [1.82, 2.24) is 19.3 Å². The molecule has 1 fully saturated rings. The summed E-state index contributed by atoms with van der Waals surface area (Å²) in [7, 11) is 6.23. The number of aromatic nitrogens is 1. The Labute approximate surface area is 138 Å². The van der Waals surface area contributed by atoms with Gasteiger partial charge in [0.05, 0.1) is 13.1 Å². The number of fused-ring (bicyclic) bond motifs is 1. The van der Waals surface area contributed by atoms with Crippen molar-refractivity contribution >= 4 is 16.8 Å². The van der Waals surface area contributed by atoms with E-state index in [-0.39, 0.29) is 5.91 Å². The van der Waals surface area contributed by atoms with E-state index >= 15 is 0 Å². The van der Waals surface area contributed by atoms with Gasteiger partial charge in [0.15, 0.2) is 0 Å². The molecule has 5 heteroatoms. The van der Waals surface area contributed by atoms with Crippen molar-refractivity contribution in [3.05, 3.63) is 36.0 Å². The molecule has 2 heterocycles. The molecule has 1 aliphatic heterocycles. The van der Waals surface area contributed by atoms with Gasteiger partial charge in [-0.05, 0) is 32.8 Å². The lowest BCUT2D eigenvalue weighted by atomic mass is 10.1. The maximum absolute atomic E-state index is 12.6. The first kappa shape index (κ1) is 16.0. The zero-order chi connectivity index (χ0) is 16.4. The van der Waals surface area contributed by atoms with Crippen molar-refractivity contribution in [3.8, 4) is 0 Å². The molecule has 124 valence electrons. The van der Waals surface area contributed by atoms with Gasteiger partial charge >= 0.3 is 0 Å². The molecule has 0 unspecified atom stereocenters. The predicted octanol–water partition coefficient (Wildman–Crippen LogP) is 1.48. The zero-order valence-electron chi connectivity index (χ0n) is 14.3. The van der Waals surface area contributed by atoms with E-state index in [9.17, 15) is 4.79 Å². The van der Waals surface area contributed by atoms with Crippen molar-refractivity contribution in [2.45, 2.75) is 13.1 Å². The van der Waals surface area contributed by atoms with Crippen LogP contribution in [0.1, 0.15) is 5.56 Å². The second kappa shape index (κ2) is 6.72. The molecule has 2 aromatic rings. The average Bonchev–Trinajstić information content (AvgIpc) is 2.85. The topological polar surface area (TPSA) is 31.7 Å². The van der Waals surface area contributed by atoms with Gasteiger partial charge in [-0.2, -0.15) is 0 Å². The summed E-state index contributed by atoms with van der Waals surface area (Å²) in [6, 6.07) is 8.35. The summed E-state index contributed by atoms with van der Waals surface area (Å²) in [5, 5.41) is 1.19. The normalized spacial score (nSPS) is 16.4. The Morgan fingerprint density at radius 3 is 2.52 bits per heavy atom. The van der Waals surface area contributed by atoms with Gasteiger partial charge in [0.2, 0.25) is 5.91 Å². The number of hydrogen-bond acceptors (Lipinski definition) is 3. The first-order valence-electron chi connectivity index (χ1n) is 8.22. The molecule has 0 saturated carbocycles. The standard InChI is InChI=1S/C18H26N4O/c1-19(2)14-22-13-15(16-6-4-5-7-17(16)22)12-18(23)21-10-8-20(3)9-11-21/h4-7,13H,8-12,14H2,1-3H3. The van der Waals surface area contributed by atoms with Crippen LogP contribution < -0.4 is 0 Å². The van der Waals surface area contributed by atoms with Gasteiger partial charge in [0.1, 0.15) is 0 Å². The van der Waals surface area contributed by atoms with Crippen LogP contribution in [0.25, 0.3) is 10.9 Å². The summed E-state index contributed by atoms with van der Waals surface area (Å²) in [5.74, 6) is 0.242. The second-order valence-corrected chi connectivity index (χ2v) is 6.72. The van der Waals surface area contributed by atoms with Crippen LogP contribution in [0.5, 0.6) is 0 Å². The van der Waals surface area contributed by atoms with E-state index in [1.54, 1.807) is 0 Å². The molecule has 3 rings (SSSR count). The van der Waals surface area contributed by atoms with Crippen molar-refractivity contribution in [3.63, 3.8) is 0 Å². The van der Waals surface area contributed by atoms with Crippen LogP contribution in [0.4, 0.5) is 0 Å². The predicted molar refractivity (Wildman–Crippen MR) is 93.4 cm³/mol. The van der Waals surface area contributed by atoms with Crippen LogP contribution in [-0.4, -0.2) is 72.5 Å². The van der Waals surface area contributed by atoms with E-state index in [1.807, 2.05) is 11.0 Å². The van der Waals surface area contributed by atoms with E-state index in [0.29, 0.717) is 6.42 Å². The zero-order valence-corrected chi connectivity index (χ0v) is 14.3. The lowest BCUT2D eigenvalue weighted by Crippen LogP contribution is -2.47. The Hall–Kier alpha value is -1.85. The maximum Gasteiger partial charge on any atom is 0.227 e. The third-order valence-electron chi connectivity index (χ3n) is 4.50. The fraction of sp³-hybridized carbons (Fsp3) is 0.500. The number of hydrogen-bond donors (Lipinski definition) is 0. The minimum Gasteiger partial charge on any atom is -0.340 e. The highest BCUT2D eigenvalue weighted by molar-refractivity contribution is 5.89. The van der Waals surface area contributed by atoms with Crippen molar-refractivity contribution < 1.29 is 4.79 Å². The molecule has 1 aliphatic rings. The minimum absolute atomic E-state index is 0.242. The summed E-state index contributed by atoms with van der Waals surface area (Å²) >= 11 is 0. The summed E-state index contributed by atoms with van der Waals surface area (Å²) in [5.41, 5.74) is 2.33. The van der Waals surface area contributed by atoms with E-state index in [1.165, 1.54) is 10.9 Å². The molecule has 0 atom stereocenters. The largest absolute Gasteiger partial charge is 0.340 e. The molecular weight excluding hydrogens is 288 g/mol. The summed E-state index contributed by atoms with van der Waals surface area (Å²) in [6.07, 6.45) is 2.63. The Kier molecular flexibility index (Phi) is 4.68. The monoisotopic (exact) mass is 314 g/mol. The summed E-state index contributed by atoms with van der Waals surface area (Å²) in [6.45, 7) is 4.43. The van der Waals surface area contributed by atoms with Gasteiger partial charge in [0, 0.05) is 43.3 Å².